The lowest BCUT2D eigenvalue weighted by molar-refractivity contribution is 0.453. The summed E-state index contributed by atoms with van der Waals surface area (Å²) in [6.45, 7) is 2.24. The maximum Gasteiger partial charge on any atom is 0.218 e. The van der Waals surface area contributed by atoms with Crippen LogP contribution in [-0.4, -0.2) is 0 Å². The quantitative estimate of drug-likeness (QED) is 0.396. The summed E-state index contributed by atoms with van der Waals surface area (Å²) in [6, 6.07) is 16.5. The summed E-state index contributed by atoms with van der Waals surface area (Å²) in [5, 5.41) is 3.51. The predicted molar refractivity (Wildman–Crippen MR) is 93.4 cm³/mol. The van der Waals surface area contributed by atoms with E-state index in [4.69, 9.17) is 4.74 Å². The SMILES string of the molecule is CCCCCCC#C[S+]1c2ccccc2Oc2ccccc21. The van der Waals surface area contributed by atoms with E-state index in [-0.39, 0.29) is 10.9 Å². The predicted octanol–water partition coefficient (Wildman–Crippen LogP) is 5.76. The van der Waals surface area contributed by atoms with Crippen molar-refractivity contribution in [2.75, 3.05) is 0 Å². The summed E-state index contributed by atoms with van der Waals surface area (Å²) in [5.74, 6) is 5.30. The fourth-order valence-electron chi connectivity index (χ4n) is 2.52. The number of fused-ring (bicyclic) bond motifs is 2. The smallest absolute Gasteiger partial charge is 0.218 e. The zero-order valence-electron chi connectivity index (χ0n) is 13.0. The first-order valence-electron chi connectivity index (χ1n) is 7.99. The molecule has 2 aromatic carbocycles. The minimum absolute atomic E-state index is 0.188. The summed E-state index contributed by atoms with van der Waals surface area (Å²) in [4.78, 5) is 2.42. The van der Waals surface area contributed by atoms with Crippen LogP contribution in [0.5, 0.6) is 11.5 Å². The third-order valence-corrected chi connectivity index (χ3v) is 5.59. The van der Waals surface area contributed by atoms with Gasteiger partial charge in [-0.3, -0.25) is 0 Å². The molecule has 3 rings (SSSR count). The van der Waals surface area contributed by atoms with E-state index in [0.29, 0.717) is 0 Å². The molecule has 0 fully saturated rings. The molecule has 0 radical (unpaired) electrons. The molecular weight excluding hydrogens is 288 g/mol. The van der Waals surface area contributed by atoms with Crippen molar-refractivity contribution in [3.8, 4) is 22.7 Å². The van der Waals surface area contributed by atoms with Crippen LogP contribution in [0.3, 0.4) is 0 Å². The van der Waals surface area contributed by atoms with E-state index < -0.39 is 0 Å². The van der Waals surface area contributed by atoms with Gasteiger partial charge >= 0.3 is 0 Å². The van der Waals surface area contributed by atoms with Gasteiger partial charge in [0.25, 0.3) is 0 Å². The van der Waals surface area contributed by atoms with E-state index in [1.807, 2.05) is 24.3 Å². The number of hydrogen-bond donors (Lipinski definition) is 0. The molecule has 1 nitrogen and oxygen atoms in total. The van der Waals surface area contributed by atoms with Gasteiger partial charge in [-0.1, -0.05) is 50.5 Å². The van der Waals surface area contributed by atoms with E-state index in [1.165, 1.54) is 35.5 Å². The molecule has 0 amide bonds. The molecule has 112 valence electrons. The minimum atomic E-state index is -0.188. The molecule has 0 atom stereocenters. The number of hydrogen-bond acceptors (Lipinski definition) is 1. The second kappa shape index (κ2) is 7.42. The Kier molecular flexibility index (Phi) is 5.08. The van der Waals surface area contributed by atoms with E-state index in [0.717, 1.165) is 17.9 Å². The molecule has 0 bridgehead atoms. The maximum absolute atomic E-state index is 6.01. The second-order valence-corrected chi connectivity index (χ2v) is 7.09. The van der Waals surface area contributed by atoms with Crippen molar-refractivity contribution < 1.29 is 4.74 Å². The van der Waals surface area contributed by atoms with E-state index in [9.17, 15) is 0 Å². The highest BCUT2D eigenvalue weighted by Gasteiger charge is 2.36. The number of unbranched alkanes of at least 4 members (excludes halogenated alkanes) is 4. The van der Waals surface area contributed by atoms with Gasteiger partial charge in [0.2, 0.25) is 9.79 Å². The molecular formula is C20H21OS+. The van der Waals surface area contributed by atoms with Gasteiger partial charge in [-0.05, 0) is 36.6 Å². The topological polar surface area (TPSA) is 9.23 Å². The van der Waals surface area contributed by atoms with Crippen molar-refractivity contribution in [2.24, 2.45) is 0 Å². The first-order valence-corrected chi connectivity index (χ1v) is 9.21. The normalized spacial score (nSPS) is 12.6. The maximum atomic E-state index is 6.01. The molecule has 1 aliphatic rings. The van der Waals surface area contributed by atoms with Crippen LogP contribution >= 0.6 is 0 Å². The zero-order chi connectivity index (χ0) is 15.2. The molecule has 22 heavy (non-hydrogen) atoms. The van der Waals surface area contributed by atoms with Gasteiger partial charge in [0, 0.05) is 6.42 Å². The van der Waals surface area contributed by atoms with Crippen LogP contribution in [0.2, 0.25) is 0 Å². The van der Waals surface area contributed by atoms with Crippen molar-refractivity contribution in [3.05, 3.63) is 48.5 Å². The van der Waals surface area contributed by atoms with Crippen LogP contribution in [0.1, 0.15) is 39.0 Å². The fourth-order valence-corrected chi connectivity index (χ4v) is 4.27. The van der Waals surface area contributed by atoms with Gasteiger partial charge in [-0.2, -0.15) is 0 Å². The molecule has 0 aliphatic carbocycles. The summed E-state index contributed by atoms with van der Waals surface area (Å²) in [7, 11) is -0.188. The van der Waals surface area contributed by atoms with Crippen molar-refractivity contribution in [2.45, 2.75) is 48.8 Å². The Hall–Kier alpha value is -1.85. The van der Waals surface area contributed by atoms with Crippen LogP contribution in [0.15, 0.2) is 58.3 Å². The Balaban J connectivity index is 1.82. The molecule has 0 spiro atoms. The molecule has 0 aromatic heterocycles. The van der Waals surface area contributed by atoms with Crippen LogP contribution < -0.4 is 4.74 Å². The molecule has 1 aliphatic heterocycles. The van der Waals surface area contributed by atoms with E-state index >= 15 is 0 Å². The van der Waals surface area contributed by atoms with Gasteiger partial charge in [0.1, 0.15) is 0 Å². The Morgan fingerprint density at radius 2 is 1.50 bits per heavy atom. The Bertz CT molecular complexity index is 651. The summed E-state index contributed by atoms with van der Waals surface area (Å²) >= 11 is 0. The third kappa shape index (κ3) is 3.31. The minimum Gasteiger partial charge on any atom is -0.447 e. The fraction of sp³-hybridized carbons (Fsp3) is 0.300. The van der Waals surface area contributed by atoms with Crippen molar-refractivity contribution in [1.82, 2.24) is 0 Å². The standard InChI is InChI=1S/C20H21OS/c1-2-3-4-5-6-11-16-22-19-14-9-7-12-17(19)21-18-13-8-10-15-20(18)22/h7-10,12-15H,2-6H2,1H3/q+1. The Morgan fingerprint density at radius 1 is 0.864 bits per heavy atom. The van der Waals surface area contributed by atoms with E-state index in [1.54, 1.807) is 0 Å². The number of ether oxygens (including phenoxy) is 1. The first kappa shape index (κ1) is 15.1. The summed E-state index contributed by atoms with van der Waals surface area (Å²) in [5.41, 5.74) is 0. The molecule has 1 heterocycles. The van der Waals surface area contributed by atoms with Gasteiger partial charge in [0.15, 0.2) is 27.6 Å². The lowest BCUT2D eigenvalue weighted by atomic mass is 10.2. The highest BCUT2D eigenvalue weighted by atomic mass is 32.2. The van der Waals surface area contributed by atoms with Crippen LogP contribution in [0.4, 0.5) is 0 Å². The second-order valence-electron chi connectivity index (χ2n) is 5.39. The number of benzene rings is 2. The average Bonchev–Trinajstić information content (AvgIpc) is 2.57. The highest BCUT2D eigenvalue weighted by molar-refractivity contribution is 8.01. The van der Waals surface area contributed by atoms with Gasteiger partial charge in [-0.15, -0.1) is 0 Å². The average molecular weight is 309 g/mol. The van der Waals surface area contributed by atoms with Crippen LogP contribution in [0, 0.1) is 11.2 Å². The van der Waals surface area contributed by atoms with Gasteiger partial charge in [0.05, 0.1) is 0 Å². The van der Waals surface area contributed by atoms with Crippen molar-refractivity contribution in [1.29, 1.82) is 0 Å². The highest BCUT2D eigenvalue weighted by Crippen LogP contribution is 2.42. The van der Waals surface area contributed by atoms with Gasteiger partial charge in [-0.25, -0.2) is 0 Å². The van der Waals surface area contributed by atoms with Gasteiger partial charge < -0.3 is 4.74 Å². The largest absolute Gasteiger partial charge is 0.447 e. The first-order chi connectivity index (χ1) is 10.9. The lowest BCUT2D eigenvalue weighted by Crippen LogP contribution is -2.09. The Morgan fingerprint density at radius 3 is 2.14 bits per heavy atom. The molecule has 0 saturated heterocycles. The van der Waals surface area contributed by atoms with Crippen molar-refractivity contribution in [3.63, 3.8) is 0 Å². The number of rotatable bonds is 4. The van der Waals surface area contributed by atoms with Crippen LogP contribution in [-0.2, 0) is 10.9 Å². The zero-order valence-corrected chi connectivity index (χ0v) is 13.8. The number of para-hydroxylation sites is 2. The summed E-state index contributed by atoms with van der Waals surface area (Å²) in [6.07, 6.45) is 6.07. The molecule has 0 N–H and O–H groups in total. The summed E-state index contributed by atoms with van der Waals surface area (Å²) < 4.78 is 6.01. The Labute approximate surface area is 136 Å². The monoisotopic (exact) mass is 309 g/mol. The third-order valence-electron chi connectivity index (χ3n) is 3.69. The van der Waals surface area contributed by atoms with Crippen molar-refractivity contribution >= 4 is 10.9 Å². The van der Waals surface area contributed by atoms with E-state index in [2.05, 4.69) is 42.4 Å². The molecule has 2 heteroatoms. The lowest BCUT2D eigenvalue weighted by Gasteiger charge is -2.16. The molecule has 2 aromatic rings. The molecule has 0 unspecified atom stereocenters. The van der Waals surface area contributed by atoms with Crippen LogP contribution in [0.25, 0.3) is 0 Å². The molecule has 0 saturated carbocycles.